The van der Waals surface area contributed by atoms with Gasteiger partial charge in [-0.25, -0.2) is 0 Å². The van der Waals surface area contributed by atoms with E-state index in [-0.39, 0.29) is 11.9 Å². The maximum absolute atomic E-state index is 12.7. The lowest BCUT2D eigenvalue weighted by atomic mass is 10.0. The molecule has 4 heteroatoms. The molecule has 1 saturated heterocycles. The highest BCUT2D eigenvalue weighted by Crippen LogP contribution is 2.31. The first-order chi connectivity index (χ1) is 11.7. The molecule has 2 aromatic carbocycles. The van der Waals surface area contributed by atoms with E-state index >= 15 is 0 Å². The molecule has 2 unspecified atom stereocenters. The number of anilines is 1. The molecule has 1 amide bonds. The predicted octanol–water partition coefficient (Wildman–Crippen LogP) is 3.19. The van der Waals surface area contributed by atoms with Gasteiger partial charge in [-0.05, 0) is 30.0 Å². The van der Waals surface area contributed by atoms with Crippen LogP contribution in [0.25, 0.3) is 0 Å². The van der Waals surface area contributed by atoms with Crippen LogP contribution in [0, 0.1) is 0 Å². The molecule has 24 heavy (non-hydrogen) atoms. The first-order valence-electron chi connectivity index (χ1n) is 8.43. The average molecular weight is 324 g/mol. The summed E-state index contributed by atoms with van der Waals surface area (Å²) in [5.41, 5.74) is 2.14. The van der Waals surface area contributed by atoms with E-state index in [4.69, 9.17) is 4.74 Å². The molecule has 0 aliphatic carbocycles. The van der Waals surface area contributed by atoms with Crippen molar-refractivity contribution in [3.63, 3.8) is 0 Å². The molecule has 1 aliphatic rings. The van der Waals surface area contributed by atoms with Crippen molar-refractivity contribution in [2.45, 2.75) is 25.3 Å². The highest BCUT2D eigenvalue weighted by molar-refractivity contribution is 6.00. The van der Waals surface area contributed by atoms with Crippen LogP contribution in [-0.4, -0.2) is 32.1 Å². The van der Waals surface area contributed by atoms with Crippen LogP contribution < -0.4 is 15.0 Å². The van der Waals surface area contributed by atoms with E-state index in [1.807, 2.05) is 35.2 Å². The predicted molar refractivity (Wildman–Crippen MR) is 96.6 cm³/mol. The Labute approximate surface area is 143 Å². The first kappa shape index (κ1) is 16.5. The Morgan fingerprint density at radius 3 is 2.62 bits per heavy atom. The monoisotopic (exact) mass is 324 g/mol. The molecule has 2 aromatic rings. The van der Waals surface area contributed by atoms with Crippen molar-refractivity contribution < 1.29 is 9.53 Å². The minimum Gasteiger partial charge on any atom is -0.495 e. The Morgan fingerprint density at radius 2 is 1.88 bits per heavy atom. The van der Waals surface area contributed by atoms with Crippen molar-refractivity contribution in [3.8, 4) is 5.75 Å². The zero-order valence-corrected chi connectivity index (χ0v) is 14.2. The third kappa shape index (κ3) is 3.44. The fraction of sp³-hybridized carbons (Fsp3) is 0.350. The number of hydrogen-bond donors (Lipinski definition) is 1. The van der Waals surface area contributed by atoms with E-state index in [0.717, 1.165) is 30.9 Å². The van der Waals surface area contributed by atoms with Gasteiger partial charge in [0.1, 0.15) is 5.75 Å². The fourth-order valence-electron chi connectivity index (χ4n) is 3.18. The van der Waals surface area contributed by atoms with Crippen LogP contribution in [0.1, 0.15) is 24.8 Å². The van der Waals surface area contributed by atoms with Crippen LogP contribution in [0.2, 0.25) is 0 Å². The second-order valence-electron chi connectivity index (χ2n) is 6.22. The summed E-state index contributed by atoms with van der Waals surface area (Å²) in [5, 5.41) is 3.43. The van der Waals surface area contributed by atoms with Crippen molar-refractivity contribution in [3.05, 3.63) is 60.2 Å². The molecule has 2 atom stereocenters. The summed E-state index contributed by atoms with van der Waals surface area (Å²) in [5.74, 6) is 1.24. The van der Waals surface area contributed by atoms with E-state index in [0.29, 0.717) is 5.92 Å². The van der Waals surface area contributed by atoms with Gasteiger partial charge in [0.2, 0.25) is 5.91 Å². The summed E-state index contributed by atoms with van der Waals surface area (Å²) in [6.45, 7) is 3.69. The number of hydrogen-bond acceptors (Lipinski definition) is 3. The number of nitrogens with zero attached hydrogens (tertiary/aromatic N) is 1. The lowest BCUT2D eigenvalue weighted by Crippen LogP contribution is -2.39. The van der Waals surface area contributed by atoms with Gasteiger partial charge in [-0.1, -0.05) is 49.4 Å². The number of carbonyl (C=O) groups excluding carboxylic acids is 1. The Bertz CT molecular complexity index is 687. The van der Waals surface area contributed by atoms with Gasteiger partial charge in [-0.3, -0.25) is 4.79 Å². The molecule has 1 N–H and O–H groups in total. The molecular weight excluding hydrogens is 300 g/mol. The molecule has 0 spiro atoms. The third-order valence-electron chi connectivity index (χ3n) is 4.62. The van der Waals surface area contributed by atoms with Crippen molar-refractivity contribution in [2.24, 2.45) is 0 Å². The van der Waals surface area contributed by atoms with Crippen molar-refractivity contribution in [2.75, 3.05) is 25.1 Å². The summed E-state index contributed by atoms with van der Waals surface area (Å²) in [4.78, 5) is 14.6. The second kappa shape index (κ2) is 7.49. The van der Waals surface area contributed by atoms with E-state index in [1.165, 1.54) is 5.56 Å². The van der Waals surface area contributed by atoms with Crippen LogP contribution in [0.4, 0.5) is 5.69 Å². The van der Waals surface area contributed by atoms with Crippen LogP contribution >= 0.6 is 0 Å². The number of rotatable bonds is 6. The summed E-state index contributed by atoms with van der Waals surface area (Å²) in [6, 6.07) is 17.9. The number of nitrogens with one attached hydrogen (secondary N) is 1. The minimum atomic E-state index is -0.124. The van der Waals surface area contributed by atoms with Gasteiger partial charge in [0.05, 0.1) is 18.8 Å². The van der Waals surface area contributed by atoms with Crippen LogP contribution in [0.15, 0.2) is 54.6 Å². The molecule has 1 aliphatic heterocycles. The van der Waals surface area contributed by atoms with E-state index in [9.17, 15) is 4.79 Å². The van der Waals surface area contributed by atoms with Crippen LogP contribution in [0.5, 0.6) is 5.75 Å². The molecule has 126 valence electrons. The highest BCUT2D eigenvalue weighted by Gasteiger charge is 2.33. The first-order valence-corrected chi connectivity index (χ1v) is 8.43. The van der Waals surface area contributed by atoms with Crippen molar-refractivity contribution in [1.82, 2.24) is 5.32 Å². The van der Waals surface area contributed by atoms with Gasteiger partial charge < -0.3 is 15.0 Å². The van der Waals surface area contributed by atoms with Gasteiger partial charge in [0.15, 0.2) is 0 Å². The normalized spacial score (nSPS) is 18.7. The second-order valence-corrected chi connectivity index (χ2v) is 6.22. The Balaban J connectivity index is 1.62. The Morgan fingerprint density at radius 1 is 1.17 bits per heavy atom. The maximum atomic E-state index is 12.7. The molecule has 0 bridgehead atoms. The number of ether oxygens (including phenoxy) is 1. The lowest BCUT2D eigenvalue weighted by Gasteiger charge is -2.20. The number of para-hydroxylation sites is 2. The van der Waals surface area contributed by atoms with Crippen LogP contribution in [-0.2, 0) is 4.79 Å². The van der Waals surface area contributed by atoms with E-state index in [1.54, 1.807) is 7.11 Å². The van der Waals surface area contributed by atoms with Gasteiger partial charge in [0, 0.05) is 13.1 Å². The third-order valence-corrected chi connectivity index (χ3v) is 4.62. The standard InChI is InChI=1S/C20H24N2O2/c1-15(16-8-4-3-5-9-16)14-21-17-12-13-22(20(17)23)18-10-6-7-11-19(18)24-2/h3-11,15,17,21H,12-14H2,1-2H3. The van der Waals surface area contributed by atoms with E-state index in [2.05, 4.69) is 36.5 Å². The summed E-state index contributed by atoms with van der Waals surface area (Å²) in [6.07, 6.45) is 0.818. The molecule has 0 radical (unpaired) electrons. The quantitative estimate of drug-likeness (QED) is 0.887. The molecular formula is C20H24N2O2. The molecule has 1 fully saturated rings. The van der Waals surface area contributed by atoms with Gasteiger partial charge in [0.25, 0.3) is 0 Å². The molecule has 4 nitrogen and oxygen atoms in total. The average Bonchev–Trinajstić information content (AvgIpc) is 3.00. The zero-order chi connectivity index (χ0) is 16.9. The molecule has 1 heterocycles. The van der Waals surface area contributed by atoms with Gasteiger partial charge in [-0.2, -0.15) is 0 Å². The SMILES string of the molecule is COc1ccccc1N1CCC(NCC(C)c2ccccc2)C1=O. The van der Waals surface area contributed by atoms with Crippen molar-refractivity contribution in [1.29, 1.82) is 0 Å². The Kier molecular flexibility index (Phi) is 5.16. The van der Waals surface area contributed by atoms with Gasteiger partial charge >= 0.3 is 0 Å². The minimum absolute atomic E-state index is 0.124. The number of benzene rings is 2. The Hall–Kier alpha value is -2.33. The number of carbonyl (C=O) groups is 1. The van der Waals surface area contributed by atoms with E-state index < -0.39 is 0 Å². The smallest absolute Gasteiger partial charge is 0.244 e. The van der Waals surface area contributed by atoms with Gasteiger partial charge in [-0.15, -0.1) is 0 Å². The number of methoxy groups -OCH3 is 1. The molecule has 0 saturated carbocycles. The summed E-state index contributed by atoms with van der Waals surface area (Å²) >= 11 is 0. The fourth-order valence-corrected chi connectivity index (χ4v) is 3.18. The largest absolute Gasteiger partial charge is 0.495 e. The lowest BCUT2D eigenvalue weighted by molar-refractivity contribution is -0.118. The van der Waals surface area contributed by atoms with Crippen molar-refractivity contribution >= 4 is 11.6 Å². The topological polar surface area (TPSA) is 41.6 Å². The number of amides is 1. The zero-order valence-electron chi connectivity index (χ0n) is 14.2. The maximum Gasteiger partial charge on any atom is 0.244 e. The molecule has 0 aromatic heterocycles. The summed E-state index contributed by atoms with van der Waals surface area (Å²) in [7, 11) is 1.64. The summed E-state index contributed by atoms with van der Waals surface area (Å²) < 4.78 is 5.38. The highest BCUT2D eigenvalue weighted by atomic mass is 16.5. The molecule has 3 rings (SSSR count). The van der Waals surface area contributed by atoms with Crippen LogP contribution in [0.3, 0.4) is 0 Å².